The number of aliphatic carboxylic acids is 2. The number of carboxylic acid groups (broad SMARTS) is 2. The summed E-state index contributed by atoms with van der Waals surface area (Å²) in [6.45, 7) is -0.286. The summed E-state index contributed by atoms with van der Waals surface area (Å²) >= 11 is 0. The van der Waals surface area contributed by atoms with Crippen molar-refractivity contribution >= 4 is 23.8 Å². The predicted molar refractivity (Wildman–Crippen MR) is 95.2 cm³/mol. The van der Waals surface area contributed by atoms with Crippen LogP contribution in [0, 0.1) is 0 Å². The lowest BCUT2D eigenvalue weighted by Crippen LogP contribution is -2.35. The van der Waals surface area contributed by atoms with Gasteiger partial charge in [-0.3, -0.25) is 19.2 Å². The van der Waals surface area contributed by atoms with Crippen molar-refractivity contribution in [3.05, 3.63) is 0 Å². The van der Waals surface area contributed by atoms with Crippen LogP contribution in [0.3, 0.4) is 0 Å². The van der Waals surface area contributed by atoms with Gasteiger partial charge in [-0.2, -0.15) is 0 Å². The van der Waals surface area contributed by atoms with E-state index < -0.39 is 11.9 Å². The van der Waals surface area contributed by atoms with Crippen molar-refractivity contribution in [2.24, 2.45) is 0 Å². The average Bonchev–Trinajstić information content (AvgIpc) is 2.64. The molecular formula is C16H30N2O10. The monoisotopic (exact) mass is 410 g/mol. The molecule has 0 bridgehead atoms. The summed E-state index contributed by atoms with van der Waals surface area (Å²) in [5, 5.41) is 51.1. The van der Waals surface area contributed by atoms with E-state index >= 15 is 0 Å². The number of nitrogens with zero attached hydrogens (tertiary/aromatic N) is 2. The fourth-order valence-corrected chi connectivity index (χ4v) is 1.95. The zero-order valence-electron chi connectivity index (χ0n) is 15.7. The molecule has 0 atom stereocenters. The van der Waals surface area contributed by atoms with Crippen LogP contribution in [0.25, 0.3) is 0 Å². The SMILES string of the molecule is O=C(O)CCC(=O)N(CCO)CCO.O=C(O)CCC(=O)N(CCO)CCO. The van der Waals surface area contributed by atoms with Gasteiger partial charge < -0.3 is 40.4 Å². The van der Waals surface area contributed by atoms with E-state index in [1.54, 1.807) is 0 Å². The quantitative estimate of drug-likeness (QED) is 0.176. The van der Waals surface area contributed by atoms with Gasteiger partial charge in [0, 0.05) is 39.0 Å². The number of rotatable bonds is 14. The maximum Gasteiger partial charge on any atom is 0.303 e. The minimum atomic E-state index is -1.04. The largest absolute Gasteiger partial charge is 0.481 e. The molecule has 0 aliphatic rings. The number of carbonyl (C=O) groups is 4. The highest BCUT2D eigenvalue weighted by molar-refractivity contribution is 5.81. The summed E-state index contributed by atoms with van der Waals surface area (Å²) in [6, 6.07) is 0. The molecule has 0 spiro atoms. The summed E-state index contributed by atoms with van der Waals surface area (Å²) in [5.74, 6) is -2.80. The van der Waals surface area contributed by atoms with Gasteiger partial charge in [0.2, 0.25) is 11.8 Å². The standard InChI is InChI=1S/2C8H15NO5/c2*10-5-3-9(4-6-11)7(12)1-2-8(13)14/h2*10-11H,1-6H2,(H,13,14). The van der Waals surface area contributed by atoms with Gasteiger partial charge in [-0.25, -0.2) is 0 Å². The Morgan fingerprint density at radius 1 is 0.500 bits per heavy atom. The lowest BCUT2D eigenvalue weighted by molar-refractivity contribution is -0.141. The van der Waals surface area contributed by atoms with Crippen molar-refractivity contribution in [1.82, 2.24) is 9.80 Å². The predicted octanol–water partition coefficient (Wildman–Crippen LogP) is -2.67. The van der Waals surface area contributed by atoms with Gasteiger partial charge in [-0.05, 0) is 0 Å². The lowest BCUT2D eigenvalue weighted by Gasteiger charge is -2.20. The smallest absolute Gasteiger partial charge is 0.303 e. The molecule has 164 valence electrons. The molecule has 12 heteroatoms. The molecule has 0 aromatic carbocycles. The topological polar surface area (TPSA) is 196 Å². The van der Waals surface area contributed by atoms with Crippen LogP contribution in [-0.4, -0.2) is 117 Å². The Hall–Kier alpha value is -2.28. The van der Waals surface area contributed by atoms with Crippen LogP contribution in [0.4, 0.5) is 0 Å². The first-order valence-electron chi connectivity index (χ1n) is 8.65. The van der Waals surface area contributed by atoms with Crippen molar-refractivity contribution in [2.45, 2.75) is 25.7 Å². The second-order valence-electron chi connectivity index (χ2n) is 5.44. The van der Waals surface area contributed by atoms with E-state index in [9.17, 15) is 19.2 Å². The first-order valence-corrected chi connectivity index (χ1v) is 8.65. The molecule has 2 amide bonds. The number of amides is 2. The van der Waals surface area contributed by atoms with Gasteiger partial charge in [-0.1, -0.05) is 0 Å². The highest BCUT2D eigenvalue weighted by Gasteiger charge is 2.14. The van der Waals surface area contributed by atoms with E-state index in [-0.39, 0.29) is 90.1 Å². The Morgan fingerprint density at radius 2 is 0.750 bits per heavy atom. The normalized spacial score (nSPS) is 9.86. The number of hydrogen-bond donors (Lipinski definition) is 6. The maximum absolute atomic E-state index is 11.3. The Balaban J connectivity index is 0. The first kappa shape index (κ1) is 27.9. The van der Waals surface area contributed by atoms with Gasteiger partial charge in [-0.15, -0.1) is 0 Å². The molecule has 12 nitrogen and oxygen atoms in total. The molecule has 0 radical (unpaired) electrons. The molecule has 0 aliphatic heterocycles. The second kappa shape index (κ2) is 18.1. The molecule has 0 aliphatic carbocycles. The van der Waals surface area contributed by atoms with Gasteiger partial charge >= 0.3 is 11.9 Å². The summed E-state index contributed by atoms with van der Waals surface area (Å²) in [7, 11) is 0. The van der Waals surface area contributed by atoms with Crippen molar-refractivity contribution in [3.8, 4) is 0 Å². The summed E-state index contributed by atoms with van der Waals surface area (Å²) in [4.78, 5) is 45.4. The van der Waals surface area contributed by atoms with Crippen molar-refractivity contribution in [3.63, 3.8) is 0 Å². The molecule has 6 N–H and O–H groups in total. The Morgan fingerprint density at radius 3 is 0.929 bits per heavy atom. The zero-order chi connectivity index (χ0) is 21.9. The van der Waals surface area contributed by atoms with Gasteiger partial charge in [0.25, 0.3) is 0 Å². The highest BCUT2D eigenvalue weighted by Crippen LogP contribution is 1.98. The van der Waals surface area contributed by atoms with Crippen LogP contribution in [0.15, 0.2) is 0 Å². The molecule has 0 unspecified atom stereocenters. The highest BCUT2D eigenvalue weighted by atomic mass is 16.4. The van der Waals surface area contributed by atoms with E-state index in [0.717, 1.165) is 0 Å². The molecular weight excluding hydrogens is 380 g/mol. The van der Waals surface area contributed by atoms with Crippen molar-refractivity contribution in [2.75, 3.05) is 52.6 Å². The number of aliphatic hydroxyl groups is 4. The lowest BCUT2D eigenvalue weighted by atomic mass is 10.2. The summed E-state index contributed by atoms with van der Waals surface area (Å²) in [6.07, 6.45) is -0.664. The van der Waals surface area contributed by atoms with E-state index in [4.69, 9.17) is 30.6 Å². The van der Waals surface area contributed by atoms with Crippen molar-refractivity contribution in [1.29, 1.82) is 0 Å². The van der Waals surface area contributed by atoms with Crippen LogP contribution in [-0.2, 0) is 19.2 Å². The van der Waals surface area contributed by atoms with E-state index in [1.165, 1.54) is 9.80 Å². The zero-order valence-corrected chi connectivity index (χ0v) is 15.7. The number of carbonyl (C=O) groups excluding carboxylic acids is 2. The minimum absolute atomic E-state index is 0.102. The Kier molecular flexibility index (Phi) is 18.1. The third-order valence-electron chi connectivity index (χ3n) is 3.29. The molecule has 0 rings (SSSR count). The Bertz CT molecular complexity index is 418. The first-order chi connectivity index (χ1) is 13.2. The molecule has 0 saturated carbocycles. The molecule has 0 fully saturated rings. The van der Waals surface area contributed by atoms with Crippen LogP contribution >= 0.6 is 0 Å². The van der Waals surface area contributed by atoms with Gasteiger partial charge in [0.15, 0.2) is 0 Å². The van der Waals surface area contributed by atoms with E-state index in [0.29, 0.717) is 0 Å². The van der Waals surface area contributed by atoms with Crippen molar-refractivity contribution < 1.29 is 49.8 Å². The fourth-order valence-electron chi connectivity index (χ4n) is 1.95. The molecule has 0 aromatic heterocycles. The fraction of sp³-hybridized carbons (Fsp3) is 0.750. The third kappa shape index (κ3) is 15.9. The van der Waals surface area contributed by atoms with E-state index in [1.807, 2.05) is 0 Å². The molecule has 0 heterocycles. The third-order valence-corrected chi connectivity index (χ3v) is 3.29. The molecule has 28 heavy (non-hydrogen) atoms. The number of aliphatic hydroxyl groups excluding tert-OH is 4. The average molecular weight is 410 g/mol. The molecule has 0 saturated heterocycles. The Labute approximate surface area is 162 Å². The minimum Gasteiger partial charge on any atom is -0.481 e. The van der Waals surface area contributed by atoms with Crippen LogP contribution in [0.1, 0.15) is 25.7 Å². The summed E-state index contributed by atoms with van der Waals surface area (Å²) < 4.78 is 0. The second-order valence-corrected chi connectivity index (χ2v) is 5.44. The van der Waals surface area contributed by atoms with Gasteiger partial charge in [0.1, 0.15) is 0 Å². The number of carboxylic acids is 2. The number of hydrogen-bond acceptors (Lipinski definition) is 8. The van der Waals surface area contributed by atoms with Crippen LogP contribution in [0.2, 0.25) is 0 Å². The molecule has 0 aromatic rings. The van der Waals surface area contributed by atoms with Crippen LogP contribution in [0.5, 0.6) is 0 Å². The maximum atomic E-state index is 11.3. The van der Waals surface area contributed by atoms with Crippen LogP contribution < -0.4 is 0 Å². The van der Waals surface area contributed by atoms with E-state index in [2.05, 4.69) is 0 Å². The summed E-state index contributed by atoms with van der Waals surface area (Å²) in [5.41, 5.74) is 0. The van der Waals surface area contributed by atoms with Gasteiger partial charge in [0.05, 0.1) is 39.3 Å².